The second-order valence-electron chi connectivity index (χ2n) is 9.25. The Morgan fingerprint density at radius 3 is 2.03 bits per heavy atom. The average Bonchev–Trinajstić information content (AvgIpc) is 3.18. The second-order valence-corrected chi connectivity index (χ2v) is 9.25. The zero-order chi connectivity index (χ0) is 23.9. The molecule has 1 unspecified atom stereocenters. The monoisotopic (exact) mass is 456 g/mol. The summed E-state index contributed by atoms with van der Waals surface area (Å²) in [5.74, 6) is -1.77. The van der Waals surface area contributed by atoms with Gasteiger partial charge < -0.3 is 9.84 Å². The Balaban J connectivity index is 1.28. The number of aliphatic carboxylic acids is 1. The van der Waals surface area contributed by atoms with Crippen LogP contribution < -0.4 is 0 Å². The van der Waals surface area contributed by atoms with Crippen LogP contribution in [0, 0.1) is 11.8 Å². The number of carboxylic acids is 1. The Morgan fingerprint density at radius 1 is 0.824 bits per heavy atom. The molecule has 0 saturated carbocycles. The van der Waals surface area contributed by atoms with Gasteiger partial charge in [-0.15, -0.1) is 0 Å². The van der Waals surface area contributed by atoms with E-state index in [9.17, 15) is 14.7 Å². The zero-order valence-corrected chi connectivity index (χ0v) is 19.7. The lowest BCUT2D eigenvalue weighted by atomic mass is 9.92. The zero-order valence-electron chi connectivity index (χ0n) is 19.7. The number of fused-ring (bicyclic) bond motifs is 3. The predicted molar refractivity (Wildman–Crippen MR) is 134 cm³/mol. The molecule has 34 heavy (non-hydrogen) atoms. The van der Waals surface area contributed by atoms with Crippen LogP contribution in [0.2, 0.25) is 0 Å². The molecule has 4 rings (SSSR count). The first-order valence-electron chi connectivity index (χ1n) is 12.2. The van der Waals surface area contributed by atoms with E-state index in [1.54, 1.807) is 0 Å². The number of rotatable bonds is 11. The van der Waals surface area contributed by atoms with Crippen molar-refractivity contribution in [3.63, 3.8) is 0 Å². The molecule has 1 aliphatic carbocycles. The highest BCUT2D eigenvalue weighted by atomic mass is 16.5. The van der Waals surface area contributed by atoms with Crippen LogP contribution in [0.5, 0.6) is 0 Å². The smallest absolute Gasteiger partial charge is 0.308 e. The van der Waals surface area contributed by atoms with E-state index >= 15 is 0 Å². The van der Waals surface area contributed by atoms with Crippen molar-refractivity contribution in [2.75, 3.05) is 6.61 Å². The minimum Gasteiger partial charge on any atom is -0.481 e. The summed E-state index contributed by atoms with van der Waals surface area (Å²) < 4.78 is 5.75. The van der Waals surface area contributed by atoms with E-state index in [2.05, 4.69) is 36.4 Å². The van der Waals surface area contributed by atoms with Crippen LogP contribution in [0.15, 0.2) is 78.9 Å². The van der Waals surface area contributed by atoms with E-state index in [4.69, 9.17) is 4.74 Å². The van der Waals surface area contributed by atoms with Crippen LogP contribution >= 0.6 is 0 Å². The fraction of sp³-hybridized carbons (Fsp3) is 0.333. The van der Waals surface area contributed by atoms with Gasteiger partial charge in [-0.25, -0.2) is 0 Å². The van der Waals surface area contributed by atoms with Gasteiger partial charge in [0, 0.05) is 5.92 Å². The highest BCUT2D eigenvalue weighted by molar-refractivity contribution is 5.79. The molecule has 0 aromatic heterocycles. The standard InChI is InChI=1S/C30H32O4/c1-21(18-19-23(29(31)32)13-9-12-22-10-3-2-4-11-22)30(33)34-20-28-26-16-7-5-14-24(26)25-15-6-8-17-27(25)28/h2-8,10-11,14-17,21,23,28H,9,12-13,18-20H2,1H3,(H,31,32)/t21?,23-/m1/s1. The Labute approximate surface area is 201 Å². The molecule has 0 bridgehead atoms. The van der Waals surface area contributed by atoms with Gasteiger partial charge in [-0.2, -0.15) is 0 Å². The number of benzene rings is 3. The molecule has 4 nitrogen and oxygen atoms in total. The molecule has 0 spiro atoms. The van der Waals surface area contributed by atoms with Crippen molar-refractivity contribution in [3.05, 3.63) is 95.6 Å². The third-order valence-corrected chi connectivity index (χ3v) is 6.92. The Kier molecular flexibility index (Phi) is 7.79. The van der Waals surface area contributed by atoms with E-state index in [0.717, 1.165) is 12.8 Å². The normalized spacial score (nSPS) is 14.1. The minimum atomic E-state index is -0.784. The first-order chi connectivity index (χ1) is 16.5. The van der Waals surface area contributed by atoms with Crippen molar-refractivity contribution in [3.8, 4) is 11.1 Å². The quantitative estimate of drug-likeness (QED) is 0.335. The van der Waals surface area contributed by atoms with Crippen molar-refractivity contribution in [2.24, 2.45) is 11.8 Å². The molecular weight excluding hydrogens is 424 g/mol. The Morgan fingerprint density at radius 2 is 1.41 bits per heavy atom. The number of carboxylic acid groups (broad SMARTS) is 1. The summed E-state index contributed by atoms with van der Waals surface area (Å²) in [6, 6.07) is 26.6. The van der Waals surface area contributed by atoms with Crippen LogP contribution in [-0.4, -0.2) is 23.7 Å². The maximum atomic E-state index is 12.7. The molecule has 0 radical (unpaired) electrons. The molecule has 0 amide bonds. The molecular formula is C30H32O4. The van der Waals surface area contributed by atoms with Gasteiger partial charge in [-0.1, -0.05) is 85.8 Å². The number of hydrogen-bond donors (Lipinski definition) is 1. The third-order valence-electron chi connectivity index (χ3n) is 6.92. The molecule has 0 saturated heterocycles. The van der Waals surface area contributed by atoms with Gasteiger partial charge in [0.2, 0.25) is 0 Å². The molecule has 0 aliphatic heterocycles. The van der Waals surface area contributed by atoms with Crippen molar-refractivity contribution in [2.45, 2.75) is 44.9 Å². The van der Waals surface area contributed by atoms with Crippen molar-refractivity contribution in [1.82, 2.24) is 0 Å². The first-order valence-corrected chi connectivity index (χ1v) is 12.2. The molecule has 3 aromatic rings. The highest BCUT2D eigenvalue weighted by Gasteiger charge is 2.30. The molecule has 0 heterocycles. The van der Waals surface area contributed by atoms with E-state index < -0.39 is 11.9 Å². The van der Waals surface area contributed by atoms with Gasteiger partial charge in [0.25, 0.3) is 0 Å². The lowest BCUT2D eigenvalue weighted by Gasteiger charge is -2.18. The first kappa shape index (κ1) is 23.7. The second kappa shape index (κ2) is 11.1. The number of carbonyl (C=O) groups is 2. The number of esters is 1. The Hall–Kier alpha value is -3.40. The number of aryl methyl sites for hydroxylation is 1. The molecule has 4 heteroatoms. The van der Waals surface area contributed by atoms with Crippen LogP contribution in [0.3, 0.4) is 0 Å². The largest absolute Gasteiger partial charge is 0.481 e. The van der Waals surface area contributed by atoms with E-state index in [0.29, 0.717) is 25.9 Å². The summed E-state index contributed by atoms with van der Waals surface area (Å²) in [6.07, 6.45) is 3.29. The molecule has 0 fully saturated rings. The molecule has 1 N–H and O–H groups in total. The summed E-state index contributed by atoms with van der Waals surface area (Å²) in [5.41, 5.74) is 6.00. The minimum absolute atomic E-state index is 0.0355. The Bertz CT molecular complexity index is 1080. The van der Waals surface area contributed by atoms with Crippen molar-refractivity contribution >= 4 is 11.9 Å². The molecule has 1 aliphatic rings. The lowest BCUT2D eigenvalue weighted by molar-refractivity contribution is -0.149. The van der Waals surface area contributed by atoms with Gasteiger partial charge in [0.1, 0.15) is 6.61 Å². The van der Waals surface area contributed by atoms with Gasteiger partial charge in [0.05, 0.1) is 11.8 Å². The average molecular weight is 457 g/mol. The fourth-order valence-electron chi connectivity index (χ4n) is 4.90. The van der Waals surface area contributed by atoms with E-state index in [1.165, 1.54) is 27.8 Å². The molecule has 176 valence electrons. The van der Waals surface area contributed by atoms with Crippen LogP contribution in [-0.2, 0) is 20.7 Å². The van der Waals surface area contributed by atoms with Gasteiger partial charge in [-0.05, 0) is 59.9 Å². The summed E-state index contributed by atoms with van der Waals surface area (Å²) in [5, 5.41) is 9.64. The van der Waals surface area contributed by atoms with E-state index in [-0.39, 0.29) is 17.8 Å². The third kappa shape index (κ3) is 5.56. The summed E-state index contributed by atoms with van der Waals surface area (Å²) in [6.45, 7) is 2.14. The maximum absolute atomic E-state index is 12.7. The van der Waals surface area contributed by atoms with Crippen LogP contribution in [0.4, 0.5) is 0 Å². The number of carbonyl (C=O) groups excluding carboxylic acids is 1. The fourth-order valence-corrected chi connectivity index (χ4v) is 4.90. The predicted octanol–water partition coefficient (Wildman–Crippen LogP) is 6.48. The van der Waals surface area contributed by atoms with Crippen molar-refractivity contribution in [1.29, 1.82) is 0 Å². The summed E-state index contributed by atoms with van der Waals surface area (Å²) >= 11 is 0. The summed E-state index contributed by atoms with van der Waals surface area (Å²) in [4.78, 5) is 24.5. The SMILES string of the molecule is CC(CC[C@@H](CCCc1ccccc1)C(=O)O)C(=O)OCC1c2ccccc2-c2ccccc21. The van der Waals surface area contributed by atoms with Crippen LogP contribution in [0.1, 0.15) is 55.2 Å². The summed E-state index contributed by atoms with van der Waals surface area (Å²) in [7, 11) is 0. The van der Waals surface area contributed by atoms with E-state index in [1.807, 2.05) is 49.4 Å². The molecule has 2 atom stereocenters. The number of ether oxygens (including phenoxy) is 1. The highest BCUT2D eigenvalue weighted by Crippen LogP contribution is 2.44. The topological polar surface area (TPSA) is 63.6 Å². The number of hydrogen-bond acceptors (Lipinski definition) is 3. The van der Waals surface area contributed by atoms with Gasteiger partial charge in [-0.3, -0.25) is 9.59 Å². The lowest BCUT2D eigenvalue weighted by Crippen LogP contribution is -2.21. The maximum Gasteiger partial charge on any atom is 0.308 e. The molecule has 3 aromatic carbocycles. The van der Waals surface area contributed by atoms with Gasteiger partial charge in [0.15, 0.2) is 0 Å². The van der Waals surface area contributed by atoms with Crippen molar-refractivity contribution < 1.29 is 19.4 Å². The van der Waals surface area contributed by atoms with Crippen LogP contribution in [0.25, 0.3) is 11.1 Å². The van der Waals surface area contributed by atoms with Gasteiger partial charge >= 0.3 is 11.9 Å².